The van der Waals surface area contributed by atoms with Gasteiger partial charge in [-0.3, -0.25) is 0 Å². The fourth-order valence-electron chi connectivity index (χ4n) is 3.07. The van der Waals surface area contributed by atoms with E-state index in [4.69, 9.17) is 0 Å². The van der Waals surface area contributed by atoms with Crippen LogP contribution in [0, 0.1) is 0 Å². The van der Waals surface area contributed by atoms with Gasteiger partial charge in [-0.25, -0.2) is 4.79 Å². The van der Waals surface area contributed by atoms with Crippen LogP contribution in [0.5, 0.6) is 5.75 Å². The van der Waals surface area contributed by atoms with Crippen LogP contribution in [0.4, 0.5) is 16.2 Å². The highest BCUT2D eigenvalue weighted by atomic mass is 16.3. The number of phenolic OH excluding ortho intramolecular Hbond substituents is 1. The quantitative estimate of drug-likeness (QED) is 0.418. The fraction of sp³-hybridized carbons (Fsp3) is 0.174. The zero-order chi connectivity index (χ0) is 21.3. The van der Waals surface area contributed by atoms with E-state index in [1.54, 1.807) is 18.2 Å². The molecule has 0 bridgehead atoms. The van der Waals surface area contributed by atoms with Crippen LogP contribution in [0.1, 0.15) is 26.3 Å². The molecule has 0 fully saturated rings. The zero-order valence-electron chi connectivity index (χ0n) is 17.0. The Morgan fingerprint density at radius 3 is 2.10 bits per heavy atom. The summed E-state index contributed by atoms with van der Waals surface area (Å²) in [7, 11) is 0. The molecule has 3 N–H and O–H groups in total. The lowest BCUT2D eigenvalue weighted by Gasteiger charge is -2.22. The highest BCUT2D eigenvalue weighted by Crippen LogP contribution is 2.36. The largest absolute Gasteiger partial charge is 0.504 e. The maximum Gasteiger partial charge on any atom is 0.323 e. The van der Waals surface area contributed by atoms with Crippen molar-refractivity contribution >= 4 is 28.4 Å². The van der Waals surface area contributed by atoms with E-state index in [2.05, 4.69) is 41.6 Å². The van der Waals surface area contributed by atoms with E-state index in [1.807, 2.05) is 48.5 Å². The zero-order valence-corrected chi connectivity index (χ0v) is 17.0. The van der Waals surface area contributed by atoms with Gasteiger partial charge in [0.05, 0.1) is 5.69 Å². The van der Waals surface area contributed by atoms with Crippen LogP contribution in [-0.2, 0) is 5.41 Å². The van der Waals surface area contributed by atoms with Crippen molar-refractivity contribution in [3.05, 3.63) is 72.3 Å². The molecule has 0 saturated carbocycles. The van der Waals surface area contributed by atoms with Gasteiger partial charge < -0.3 is 15.7 Å². The minimum absolute atomic E-state index is 0.105. The molecule has 3 aromatic carbocycles. The monoisotopic (exact) mass is 401 g/mol. The maximum absolute atomic E-state index is 12.5. The van der Waals surface area contributed by atoms with E-state index < -0.39 is 6.03 Å². The van der Waals surface area contributed by atoms with Crippen molar-refractivity contribution in [1.29, 1.82) is 0 Å². The van der Waals surface area contributed by atoms with Gasteiger partial charge >= 0.3 is 6.03 Å². The Bertz CT molecular complexity index is 1180. The number of amides is 2. The predicted molar refractivity (Wildman–Crippen MR) is 118 cm³/mol. The van der Waals surface area contributed by atoms with Crippen LogP contribution < -0.4 is 10.6 Å². The molecule has 30 heavy (non-hydrogen) atoms. The molecule has 4 aromatic rings. The van der Waals surface area contributed by atoms with E-state index in [0.29, 0.717) is 11.4 Å². The number of carbonyl (C=O) groups excluding carboxylic acids is 1. The van der Waals surface area contributed by atoms with Gasteiger partial charge in [0.15, 0.2) is 5.75 Å². The average Bonchev–Trinajstić information content (AvgIpc) is 3.13. The van der Waals surface area contributed by atoms with Gasteiger partial charge in [-0.15, -0.1) is 15.0 Å². The fourth-order valence-corrected chi connectivity index (χ4v) is 3.07. The summed E-state index contributed by atoms with van der Waals surface area (Å²) < 4.78 is 0. The van der Waals surface area contributed by atoms with Crippen molar-refractivity contribution in [1.82, 2.24) is 15.0 Å². The average molecular weight is 401 g/mol. The Morgan fingerprint density at radius 1 is 0.900 bits per heavy atom. The molecule has 1 heterocycles. The summed E-state index contributed by atoms with van der Waals surface area (Å²) >= 11 is 0. The van der Waals surface area contributed by atoms with Crippen molar-refractivity contribution in [3.8, 4) is 11.4 Å². The summed E-state index contributed by atoms with van der Waals surface area (Å²) in [6.45, 7) is 6.18. The number of benzene rings is 3. The third-order valence-electron chi connectivity index (χ3n) is 4.74. The van der Waals surface area contributed by atoms with Crippen molar-refractivity contribution < 1.29 is 9.90 Å². The lowest BCUT2D eigenvalue weighted by atomic mass is 9.86. The smallest absolute Gasteiger partial charge is 0.323 e. The molecule has 0 aliphatic rings. The minimum atomic E-state index is -0.452. The van der Waals surface area contributed by atoms with E-state index in [-0.39, 0.29) is 16.9 Å². The molecule has 0 radical (unpaired) electrons. The van der Waals surface area contributed by atoms with Crippen molar-refractivity contribution in [2.75, 3.05) is 10.6 Å². The summed E-state index contributed by atoms with van der Waals surface area (Å²) in [5, 5.41) is 25.4. The van der Waals surface area contributed by atoms with E-state index >= 15 is 0 Å². The molecule has 7 nitrogen and oxygen atoms in total. The lowest BCUT2D eigenvalue weighted by Crippen LogP contribution is -2.21. The third kappa shape index (κ3) is 3.96. The van der Waals surface area contributed by atoms with Crippen molar-refractivity contribution in [2.45, 2.75) is 26.2 Å². The Balaban J connectivity index is 1.74. The first-order valence-electron chi connectivity index (χ1n) is 9.64. The van der Waals surface area contributed by atoms with Crippen LogP contribution in [0.2, 0.25) is 0 Å². The SMILES string of the molecule is CC(C)(C)c1cc(NC(=O)Nc2ccccc2)c(O)c(-n2nc3ccccc3n2)c1. The number of phenols is 1. The van der Waals surface area contributed by atoms with Gasteiger partial charge in [-0.1, -0.05) is 51.1 Å². The van der Waals surface area contributed by atoms with Crippen LogP contribution in [0.25, 0.3) is 16.7 Å². The molecule has 0 saturated heterocycles. The lowest BCUT2D eigenvalue weighted by molar-refractivity contribution is 0.262. The molecule has 0 aliphatic heterocycles. The van der Waals surface area contributed by atoms with E-state index in [0.717, 1.165) is 16.6 Å². The number of aromatic nitrogens is 3. The molecule has 4 rings (SSSR count). The molecule has 0 aliphatic carbocycles. The normalized spacial score (nSPS) is 11.4. The first-order valence-corrected chi connectivity index (χ1v) is 9.64. The molecule has 7 heteroatoms. The van der Waals surface area contributed by atoms with Crippen LogP contribution in [0.15, 0.2) is 66.7 Å². The number of anilines is 2. The number of fused-ring (bicyclic) bond motifs is 1. The Labute approximate surface area is 174 Å². The van der Waals surface area contributed by atoms with Gasteiger partial charge in [-0.2, -0.15) is 0 Å². The van der Waals surface area contributed by atoms with Gasteiger partial charge in [0, 0.05) is 5.69 Å². The Hall–Kier alpha value is -3.87. The van der Waals surface area contributed by atoms with Gasteiger partial charge in [0.2, 0.25) is 0 Å². The van der Waals surface area contributed by atoms with Gasteiger partial charge in [0.1, 0.15) is 16.7 Å². The highest BCUT2D eigenvalue weighted by Gasteiger charge is 2.22. The second-order valence-corrected chi connectivity index (χ2v) is 8.06. The molecule has 1 aromatic heterocycles. The maximum atomic E-state index is 12.5. The number of hydrogen-bond acceptors (Lipinski definition) is 4. The number of para-hydroxylation sites is 1. The van der Waals surface area contributed by atoms with Crippen LogP contribution in [-0.4, -0.2) is 26.1 Å². The van der Waals surface area contributed by atoms with Gasteiger partial charge in [0.25, 0.3) is 0 Å². The molecular weight excluding hydrogens is 378 g/mol. The topological polar surface area (TPSA) is 92.1 Å². The number of carbonyl (C=O) groups is 1. The number of urea groups is 1. The molecular formula is C23H23N5O2. The van der Waals surface area contributed by atoms with E-state index in [1.165, 1.54) is 4.80 Å². The molecule has 2 amide bonds. The predicted octanol–water partition coefficient (Wildman–Crippen LogP) is 5.07. The van der Waals surface area contributed by atoms with Crippen molar-refractivity contribution in [2.24, 2.45) is 0 Å². The summed E-state index contributed by atoms with van der Waals surface area (Å²) in [5.74, 6) is -0.105. The first kappa shape index (κ1) is 19.4. The molecule has 0 atom stereocenters. The van der Waals surface area contributed by atoms with E-state index in [9.17, 15) is 9.90 Å². The third-order valence-corrected chi connectivity index (χ3v) is 4.74. The van der Waals surface area contributed by atoms with Crippen LogP contribution >= 0.6 is 0 Å². The second-order valence-electron chi connectivity index (χ2n) is 8.06. The second kappa shape index (κ2) is 7.51. The Kier molecular flexibility index (Phi) is 4.87. The summed E-state index contributed by atoms with van der Waals surface area (Å²) in [6, 6.07) is 19.8. The number of nitrogens with zero attached hydrogens (tertiary/aromatic N) is 3. The number of nitrogens with one attached hydrogen (secondary N) is 2. The minimum Gasteiger partial charge on any atom is -0.504 e. The summed E-state index contributed by atoms with van der Waals surface area (Å²) in [6.07, 6.45) is 0. The number of rotatable bonds is 3. The number of hydrogen-bond donors (Lipinski definition) is 3. The number of aromatic hydroxyl groups is 1. The molecule has 0 unspecified atom stereocenters. The Morgan fingerprint density at radius 2 is 1.50 bits per heavy atom. The molecule has 0 spiro atoms. The molecule has 152 valence electrons. The highest BCUT2D eigenvalue weighted by molar-refractivity contribution is 6.01. The van der Waals surface area contributed by atoms with Crippen molar-refractivity contribution in [3.63, 3.8) is 0 Å². The standard InChI is InChI=1S/C23H23N5O2/c1-23(2,3)15-13-19(25-22(30)24-16-9-5-4-6-10-16)21(29)20(14-15)28-26-17-11-7-8-12-18(17)27-28/h4-14,29H,1-3H3,(H2,24,25,30). The van der Waals surface area contributed by atoms with Crippen LogP contribution in [0.3, 0.4) is 0 Å². The van der Waals surface area contributed by atoms with Gasteiger partial charge in [-0.05, 0) is 47.4 Å². The summed E-state index contributed by atoms with van der Waals surface area (Å²) in [4.78, 5) is 13.9. The first-order chi connectivity index (χ1) is 14.3. The summed E-state index contributed by atoms with van der Waals surface area (Å²) in [5.41, 5.74) is 3.47.